The second-order valence-electron chi connectivity index (χ2n) is 12.3. The molecule has 0 amide bonds. The number of aryl methyl sites for hydroxylation is 1. The molecular formula is C43H28N2OS. The summed E-state index contributed by atoms with van der Waals surface area (Å²) in [4.78, 5) is 2.36. The van der Waals surface area contributed by atoms with E-state index >= 15 is 0 Å². The van der Waals surface area contributed by atoms with Gasteiger partial charge in [0.15, 0.2) is 0 Å². The topological polar surface area (TPSA) is 21.3 Å². The van der Waals surface area contributed by atoms with Gasteiger partial charge in [0.2, 0.25) is 0 Å². The summed E-state index contributed by atoms with van der Waals surface area (Å²) in [5.41, 5.74) is 9.86. The van der Waals surface area contributed by atoms with Gasteiger partial charge in [0.1, 0.15) is 11.2 Å². The van der Waals surface area contributed by atoms with Crippen LogP contribution in [0.1, 0.15) is 5.56 Å². The summed E-state index contributed by atoms with van der Waals surface area (Å²) in [6, 6.07) is 54.9. The van der Waals surface area contributed by atoms with Crippen LogP contribution in [0.3, 0.4) is 0 Å². The summed E-state index contributed by atoms with van der Waals surface area (Å²) in [7, 11) is 0. The fourth-order valence-electron chi connectivity index (χ4n) is 7.22. The highest BCUT2D eigenvalue weighted by molar-refractivity contribution is 7.25. The van der Waals surface area contributed by atoms with Crippen molar-refractivity contribution < 1.29 is 4.42 Å². The van der Waals surface area contributed by atoms with Crippen molar-refractivity contribution in [1.82, 2.24) is 4.57 Å². The van der Waals surface area contributed by atoms with Crippen LogP contribution in [0.15, 0.2) is 156 Å². The molecule has 47 heavy (non-hydrogen) atoms. The first-order valence-electron chi connectivity index (χ1n) is 15.9. The Kier molecular flexibility index (Phi) is 5.66. The molecular weight excluding hydrogens is 593 g/mol. The van der Waals surface area contributed by atoms with Gasteiger partial charge in [-0.1, -0.05) is 78.4 Å². The number of anilines is 3. The number of thiophene rings is 1. The van der Waals surface area contributed by atoms with Gasteiger partial charge in [-0.3, -0.25) is 0 Å². The van der Waals surface area contributed by atoms with Crippen molar-refractivity contribution in [2.24, 2.45) is 0 Å². The van der Waals surface area contributed by atoms with Crippen LogP contribution in [0.2, 0.25) is 0 Å². The third kappa shape index (κ3) is 4.05. The predicted octanol–water partition coefficient (Wildman–Crippen LogP) is 12.8. The highest BCUT2D eigenvalue weighted by Gasteiger charge is 2.19. The van der Waals surface area contributed by atoms with E-state index in [0.717, 1.165) is 44.7 Å². The third-order valence-electron chi connectivity index (χ3n) is 9.44. The van der Waals surface area contributed by atoms with E-state index in [1.54, 1.807) is 0 Å². The molecule has 0 N–H and O–H groups in total. The Hall–Kier alpha value is -5.84. The highest BCUT2D eigenvalue weighted by Crippen LogP contribution is 2.42. The average Bonchev–Trinajstić information content (AvgIpc) is 3.78. The van der Waals surface area contributed by atoms with Crippen LogP contribution >= 0.6 is 11.3 Å². The lowest BCUT2D eigenvalue weighted by Crippen LogP contribution is -2.10. The molecule has 0 aliphatic rings. The number of para-hydroxylation sites is 2. The normalized spacial score (nSPS) is 11.9. The maximum absolute atomic E-state index is 6.20. The minimum absolute atomic E-state index is 0.894. The molecule has 0 aliphatic heterocycles. The molecule has 3 aromatic heterocycles. The van der Waals surface area contributed by atoms with Crippen LogP contribution in [0.25, 0.3) is 69.6 Å². The number of benzene rings is 7. The standard InChI is InChI=1S/C43H28N2OS/c1-27-14-16-28(17-15-27)44(29-19-22-41-36(24-29)34-9-3-6-12-40(34)46-41)31-18-21-33-32-8-2-5-11-38(32)45(39(33)26-31)30-20-23-43-37(25-30)35-10-4-7-13-42(35)47-43/h2-26H,1H3. The second-order valence-corrected chi connectivity index (χ2v) is 13.4. The predicted molar refractivity (Wildman–Crippen MR) is 200 cm³/mol. The Morgan fingerprint density at radius 1 is 0.468 bits per heavy atom. The molecule has 0 spiro atoms. The van der Waals surface area contributed by atoms with Crippen LogP contribution in [0.4, 0.5) is 17.1 Å². The molecule has 222 valence electrons. The lowest BCUT2D eigenvalue weighted by Gasteiger charge is -2.26. The zero-order valence-electron chi connectivity index (χ0n) is 25.6. The fourth-order valence-corrected chi connectivity index (χ4v) is 8.31. The summed E-state index contributed by atoms with van der Waals surface area (Å²) < 4.78 is 11.3. The molecule has 0 radical (unpaired) electrons. The van der Waals surface area contributed by atoms with E-state index in [-0.39, 0.29) is 0 Å². The molecule has 3 nitrogen and oxygen atoms in total. The van der Waals surface area contributed by atoms with E-state index < -0.39 is 0 Å². The van der Waals surface area contributed by atoms with Crippen molar-refractivity contribution in [2.75, 3.05) is 4.90 Å². The molecule has 0 atom stereocenters. The molecule has 0 fully saturated rings. The summed E-state index contributed by atoms with van der Waals surface area (Å²) >= 11 is 1.86. The molecule has 7 aromatic carbocycles. The summed E-state index contributed by atoms with van der Waals surface area (Å²) in [5, 5.41) is 7.33. The number of nitrogens with zero attached hydrogens (tertiary/aromatic N) is 2. The Bertz CT molecular complexity index is 2820. The SMILES string of the molecule is Cc1ccc(N(c2ccc3oc4ccccc4c3c2)c2ccc3c4ccccc4n(-c4ccc5sc6ccccc6c5c4)c3c2)cc1. The minimum Gasteiger partial charge on any atom is -0.456 e. The van der Waals surface area contributed by atoms with E-state index in [1.807, 2.05) is 23.5 Å². The van der Waals surface area contributed by atoms with E-state index in [1.165, 1.54) is 47.5 Å². The number of hydrogen-bond acceptors (Lipinski definition) is 3. The van der Waals surface area contributed by atoms with Crippen molar-refractivity contribution in [1.29, 1.82) is 0 Å². The average molecular weight is 621 g/mol. The largest absolute Gasteiger partial charge is 0.456 e. The smallest absolute Gasteiger partial charge is 0.135 e. The quantitative estimate of drug-likeness (QED) is 0.195. The van der Waals surface area contributed by atoms with Crippen LogP contribution in [0, 0.1) is 6.92 Å². The summed E-state index contributed by atoms with van der Waals surface area (Å²) in [5.74, 6) is 0. The lowest BCUT2D eigenvalue weighted by molar-refractivity contribution is 0.669. The van der Waals surface area contributed by atoms with E-state index in [2.05, 4.69) is 156 Å². The van der Waals surface area contributed by atoms with Gasteiger partial charge < -0.3 is 13.9 Å². The van der Waals surface area contributed by atoms with Crippen molar-refractivity contribution >= 4 is 92.3 Å². The third-order valence-corrected chi connectivity index (χ3v) is 10.6. The van der Waals surface area contributed by atoms with E-state index in [9.17, 15) is 0 Å². The number of aromatic nitrogens is 1. The van der Waals surface area contributed by atoms with Crippen LogP contribution < -0.4 is 4.90 Å². The molecule has 4 heteroatoms. The number of fused-ring (bicyclic) bond motifs is 9. The first-order valence-corrected chi connectivity index (χ1v) is 16.7. The molecule has 10 rings (SSSR count). The fraction of sp³-hybridized carbons (Fsp3) is 0.0233. The van der Waals surface area contributed by atoms with Crippen molar-refractivity contribution in [2.45, 2.75) is 6.92 Å². The number of hydrogen-bond donors (Lipinski definition) is 0. The zero-order chi connectivity index (χ0) is 31.1. The first-order chi connectivity index (χ1) is 23.2. The van der Waals surface area contributed by atoms with E-state index in [0.29, 0.717) is 0 Å². The molecule has 0 saturated heterocycles. The Labute approximate surface area is 275 Å². The maximum Gasteiger partial charge on any atom is 0.135 e. The summed E-state index contributed by atoms with van der Waals surface area (Å²) in [6.07, 6.45) is 0. The second kappa shape index (κ2) is 10.1. The van der Waals surface area contributed by atoms with Crippen molar-refractivity contribution in [3.8, 4) is 5.69 Å². The summed E-state index contributed by atoms with van der Waals surface area (Å²) in [6.45, 7) is 2.13. The van der Waals surface area contributed by atoms with Gasteiger partial charge in [0.25, 0.3) is 0 Å². The zero-order valence-corrected chi connectivity index (χ0v) is 26.5. The molecule has 3 heterocycles. The Morgan fingerprint density at radius 3 is 2.02 bits per heavy atom. The van der Waals surface area contributed by atoms with Gasteiger partial charge in [-0.25, -0.2) is 0 Å². The Balaban J connectivity index is 1.23. The van der Waals surface area contributed by atoms with Crippen molar-refractivity contribution in [3.63, 3.8) is 0 Å². The van der Waals surface area contributed by atoms with Gasteiger partial charge >= 0.3 is 0 Å². The maximum atomic E-state index is 6.20. The molecule has 10 aromatic rings. The number of rotatable bonds is 4. The molecule has 0 saturated carbocycles. The minimum atomic E-state index is 0.894. The highest BCUT2D eigenvalue weighted by atomic mass is 32.1. The lowest BCUT2D eigenvalue weighted by atomic mass is 10.1. The monoisotopic (exact) mass is 620 g/mol. The number of furan rings is 1. The van der Waals surface area contributed by atoms with Gasteiger partial charge in [-0.05, 0) is 85.8 Å². The molecule has 0 bridgehead atoms. The van der Waals surface area contributed by atoms with Gasteiger partial charge in [-0.15, -0.1) is 11.3 Å². The first kappa shape index (κ1) is 26.4. The Morgan fingerprint density at radius 2 is 1.13 bits per heavy atom. The van der Waals surface area contributed by atoms with Crippen LogP contribution in [-0.2, 0) is 0 Å². The van der Waals surface area contributed by atoms with Gasteiger partial charge in [0, 0.05) is 64.5 Å². The molecule has 0 aliphatic carbocycles. The van der Waals surface area contributed by atoms with Crippen LogP contribution in [0.5, 0.6) is 0 Å². The van der Waals surface area contributed by atoms with Crippen molar-refractivity contribution in [3.05, 3.63) is 157 Å². The molecule has 0 unspecified atom stereocenters. The van der Waals surface area contributed by atoms with Crippen LogP contribution in [-0.4, -0.2) is 4.57 Å². The van der Waals surface area contributed by atoms with Gasteiger partial charge in [0.05, 0.1) is 11.0 Å². The van der Waals surface area contributed by atoms with E-state index in [4.69, 9.17) is 4.42 Å². The van der Waals surface area contributed by atoms with Gasteiger partial charge in [-0.2, -0.15) is 0 Å².